The molecule has 5 heteroatoms. The Bertz CT molecular complexity index is 612. The summed E-state index contributed by atoms with van der Waals surface area (Å²) >= 11 is 5.37. The lowest BCUT2D eigenvalue weighted by Crippen LogP contribution is -2.45. The van der Waals surface area contributed by atoms with Crippen LogP contribution in [0.1, 0.15) is 24.8 Å². The van der Waals surface area contributed by atoms with Gasteiger partial charge in [0.25, 0.3) is 0 Å². The fourth-order valence-corrected chi connectivity index (χ4v) is 4.73. The molecule has 3 aliphatic carbocycles. The van der Waals surface area contributed by atoms with Gasteiger partial charge in [-0.1, -0.05) is 18.2 Å². The molecular weight excluding hydrogens is 292 g/mol. The molecule has 0 aromatic carbocycles. The van der Waals surface area contributed by atoms with Gasteiger partial charge in [-0.15, -0.1) is 0 Å². The number of hydrogen-bond acceptors (Lipinski definition) is 3. The van der Waals surface area contributed by atoms with E-state index < -0.39 is 0 Å². The molecule has 0 radical (unpaired) electrons. The van der Waals surface area contributed by atoms with Crippen LogP contribution in [0.5, 0.6) is 0 Å². The Hall–Kier alpha value is -1.75. The van der Waals surface area contributed by atoms with Gasteiger partial charge in [-0.3, -0.25) is 10.4 Å². The van der Waals surface area contributed by atoms with E-state index >= 15 is 0 Å². The molecule has 0 unspecified atom stereocenters. The molecule has 114 valence electrons. The molecule has 0 aliphatic heterocycles. The first-order valence-corrected chi connectivity index (χ1v) is 8.38. The van der Waals surface area contributed by atoms with E-state index in [0.29, 0.717) is 11.2 Å². The normalized spacial score (nSPS) is 35.0. The van der Waals surface area contributed by atoms with E-state index in [1.165, 1.54) is 19.3 Å². The number of hydrogen-bond donors (Lipinski definition) is 2. The fraction of sp³-hybridized carbons (Fsp3) is 0.471. The molecule has 1 aromatic rings. The van der Waals surface area contributed by atoms with E-state index in [-0.39, 0.29) is 0 Å². The molecule has 4 nitrogen and oxygen atoms in total. The van der Waals surface area contributed by atoms with E-state index in [0.717, 1.165) is 29.2 Å². The van der Waals surface area contributed by atoms with Gasteiger partial charge in [0.1, 0.15) is 0 Å². The number of rotatable bonds is 3. The van der Waals surface area contributed by atoms with E-state index in [4.69, 9.17) is 12.2 Å². The Balaban J connectivity index is 1.30. The van der Waals surface area contributed by atoms with Crippen molar-refractivity contribution in [1.82, 2.24) is 15.7 Å². The van der Waals surface area contributed by atoms with Gasteiger partial charge in [-0.25, -0.2) is 0 Å². The number of aromatic nitrogens is 1. The average molecular weight is 312 g/mol. The summed E-state index contributed by atoms with van der Waals surface area (Å²) < 4.78 is 0. The van der Waals surface area contributed by atoms with Gasteiger partial charge in [-0.05, 0) is 61.2 Å². The highest BCUT2D eigenvalue weighted by Crippen LogP contribution is 2.56. The van der Waals surface area contributed by atoms with Crippen LogP contribution in [0.2, 0.25) is 0 Å². The second-order valence-electron chi connectivity index (χ2n) is 6.54. The van der Waals surface area contributed by atoms with Crippen LogP contribution in [0.15, 0.2) is 41.8 Å². The predicted octanol–water partition coefficient (Wildman–Crippen LogP) is 2.48. The number of pyridine rings is 1. The molecular formula is C17H20N4S. The molecule has 2 fully saturated rings. The maximum Gasteiger partial charge on any atom is 0.187 e. The van der Waals surface area contributed by atoms with Crippen molar-refractivity contribution in [2.24, 2.45) is 28.8 Å². The number of nitrogens with one attached hydrogen (secondary N) is 2. The van der Waals surface area contributed by atoms with Crippen molar-refractivity contribution in [3.05, 3.63) is 42.2 Å². The summed E-state index contributed by atoms with van der Waals surface area (Å²) in [6.07, 6.45) is 13.9. The van der Waals surface area contributed by atoms with Crippen molar-refractivity contribution in [3.8, 4) is 0 Å². The molecule has 5 atom stereocenters. The van der Waals surface area contributed by atoms with Gasteiger partial charge < -0.3 is 5.32 Å². The van der Waals surface area contributed by atoms with Crippen molar-refractivity contribution in [1.29, 1.82) is 0 Å². The standard InChI is InChI=1S/C17H20N4S/c22-17(21-19-10-11-3-2-6-18-9-11)20-16-8-12-7-15(16)14-5-1-4-13(12)14/h1-3,5-6,9-10,12-16H,4,7-8H2,(H2,20,21,22)/b19-10-/t12-,13+,14-,15-,16-/m0/s1. The molecule has 22 heavy (non-hydrogen) atoms. The fourth-order valence-electron chi connectivity index (χ4n) is 4.53. The molecule has 2 N–H and O–H groups in total. The van der Waals surface area contributed by atoms with Crippen molar-refractivity contribution in [2.45, 2.75) is 25.3 Å². The number of nitrogens with zero attached hydrogens (tertiary/aromatic N) is 2. The largest absolute Gasteiger partial charge is 0.358 e. The monoisotopic (exact) mass is 312 g/mol. The summed E-state index contributed by atoms with van der Waals surface area (Å²) in [5.41, 5.74) is 3.88. The first kappa shape index (κ1) is 13.9. The predicted molar refractivity (Wildman–Crippen MR) is 91.4 cm³/mol. The Morgan fingerprint density at radius 2 is 2.32 bits per heavy atom. The zero-order valence-electron chi connectivity index (χ0n) is 12.4. The Labute approximate surface area is 136 Å². The minimum Gasteiger partial charge on any atom is -0.358 e. The minimum absolute atomic E-state index is 0.502. The molecule has 0 saturated heterocycles. The number of fused-ring (bicyclic) bond motifs is 5. The molecule has 1 heterocycles. The van der Waals surface area contributed by atoms with E-state index in [2.05, 4.69) is 33.0 Å². The maximum absolute atomic E-state index is 5.37. The third-order valence-electron chi connectivity index (χ3n) is 5.39. The topological polar surface area (TPSA) is 49.3 Å². The van der Waals surface area contributed by atoms with Crippen molar-refractivity contribution in [2.75, 3.05) is 0 Å². The number of allylic oxidation sites excluding steroid dienone is 2. The first-order valence-electron chi connectivity index (χ1n) is 7.97. The van der Waals surface area contributed by atoms with Gasteiger partial charge in [0.05, 0.1) is 6.21 Å². The molecule has 3 aliphatic rings. The lowest BCUT2D eigenvalue weighted by molar-refractivity contribution is 0.246. The molecule has 2 saturated carbocycles. The summed E-state index contributed by atoms with van der Waals surface area (Å²) in [5, 5.41) is 8.27. The summed E-state index contributed by atoms with van der Waals surface area (Å²) in [4.78, 5) is 4.05. The highest BCUT2D eigenvalue weighted by Gasteiger charge is 2.52. The summed E-state index contributed by atoms with van der Waals surface area (Å²) in [6.45, 7) is 0. The van der Waals surface area contributed by atoms with Crippen LogP contribution in [0.3, 0.4) is 0 Å². The lowest BCUT2D eigenvalue weighted by Gasteiger charge is -2.32. The highest BCUT2D eigenvalue weighted by atomic mass is 32.1. The van der Waals surface area contributed by atoms with Crippen LogP contribution >= 0.6 is 12.2 Å². The van der Waals surface area contributed by atoms with Crippen molar-refractivity contribution >= 4 is 23.5 Å². The van der Waals surface area contributed by atoms with Gasteiger partial charge in [0, 0.05) is 24.0 Å². The number of thiocarbonyl (C=S) groups is 1. The smallest absolute Gasteiger partial charge is 0.187 e. The second kappa shape index (κ2) is 5.80. The van der Waals surface area contributed by atoms with Gasteiger partial charge in [-0.2, -0.15) is 5.10 Å². The average Bonchev–Trinajstić information content (AvgIpc) is 3.20. The highest BCUT2D eigenvalue weighted by molar-refractivity contribution is 7.80. The summed E-state index contributed by atoms with van der Waals surface area (Å²) in [7, 11) is 0. The van der Waals surface area contributed by atoms with Gasteiger partial charge in [0.2, 0.25) is 0 Å². The third-order valence-corrected chi connectivity index (χ3v) is 5.60. The molecule has 1 aromatic heterocycles. The van der Waals surface area contributed by atoms with E-state index in [1.807, 2.05) is 12.1 Å². The lowest BCUT2D eigenvalue weighted by atomic mass is 9.79. The van der Waals surface area contributed by atoms with Crippen LogP contribution < -0.4 is 10.7 Å². The van der Waals surface area contributed by atoms with Crippen molar-refractivity contribution < 1.29 is 0 Å². The van der Waals surface area contributed by atoms with Crippen LogP contribution in [-0.4, -0.2) is 22.4 Å². The molecule has 0 amide bonds. The van der Waals surface area contributed by atoms with Crippen LogP contribution in [0.4, 0.5) is 0 Å². The van der Waals surface area contributed by atoms with Crippen LogP contribution in [-0.2, 0) is 0 Å². The van der Waals surface area contributed by atoms with Gasteiger partial charge in [0.15, 0.2) is 5.11 Å². The SMILES string of the molecule is S=C(N/N=C\c1cccnc1)N[C@H]1C[C@@H]2C[C@H]1[C@H]1C=CC[C@H]21. The Kier molecular flexibility index (Phi) is 3.66. The summed E-state index contributed by atoms with van der Waals surface area (Å²) in [6, 6.07) is 4.35. The van der Waals surface area contributed by atoms with Crippen molar-refractivity contribution in [3.63, 3.8) is 0 Å². The zero-order valence-corrected chi connectivity index (χ0v) is 13.2. The zero-order chi connectivity index (χ0) is 14.9. The van der Waals surface area contributed by atoms with E-state index in [9.17, 15) is 0 Å². The molecule has 0 spiro atoms. The number of hydrazone groups is 1. The molecule has 2 bridgehead atoms. The Morgan fingerprint density at radius 1 is 1.36 bits per heavy atom. The Morgan fingerprint density at radius 3 is 3.18 bits per heavy atom. The second-order valence-corrected chi connectivity index (χ2v) is 6.94. The molecule has 4 rings (SSSR count). The van der Waals surface area contributed by atoms with Gasteiger partial charge >= 0.3 is 0 Å². The van der Waals surface area contributed by atoms with Crippen LogP contribution in [0, 0.1) is 23.7 Å². The first-order chi connectivity index (χ1) is 10.8. The third kappa shape index (κ3) is 2.54. The van der Waals surface area contributed by atoms with Crippen LogP contribution in [0.25, 0.3) is 0 Å². The minimum atomic E-state index is 0.502. The summed E-state index contributed by atoms with van der Waals surface area (Å²) in [5.74, 6) is 3.31. The quantitative estimate of drug-likeness (QED) is 0.390. The van der Waals surface area contributed by atoms with E-state index in [1.54, 1.807) is 18.6 Å². The maximum atomic E-state index is 5.37.